The first kappa shape index (κ1) is 18.0. The summed E-state index contributed by atoms with van der Waals surface area (Å²) in [6, 6.07) is -1.05. The molecule has 0 heterocycles. The van der Waals surface area contributed by atoms with Gasteiger partial charge in [-0.2, -0.15) is 0 Å². The summed E-state index contributed by atoms with van der Waals surface area (Å²) in [5, 5.41) is 11.3. The molecule has 2 N–H and O–H groups in total. The minimum Gasteiger partial charge on any atom is -0.480 e. The van der Waals surface area contributed by atoms with Gasteiger partial charge in [0, 0.05) is 0 Å². The van der Waals surface area contributed by atoms with Crippen LogP contribution in [0.3, 0.4) is 0 Å². The summed E-state index contributed by atoms with van der Waals surface area (Å²) in [5.41, 5.74) is -1.04. The highest BCUT2D eigenvalue weighted by Crippen LogP contribution is 2.17. The predicted octanol–water partition coefficient (Wildman–Crippen LogP) is 2.43. The highest BCUT2D eigenvalue weighted by atomic mass is 32.2. The van der Waals surface area contributed by atoms with Crippen LogP contribution in [-0.4, -0.2) is 40.2 Å². The zero-order valence-electron chi connectivity index (χ0n) is 12.3. The standard InChI is InChI=1S/C12H23NO5S/c1-11(2,3)17-10(16)13-8(9(14)15)7-19-18-12(4,5)6/h8H,7H2,1-6H3,(H,13,16)(H,14,15)/t8-/m0/s1. The molecule has 112 valence electrons. The van der Waals surface area contributed by atoms with Crippen molar-refractivity contribution in [3.8, 4) is 0 Å². The summed E-state index contributed by atoms with van der Waals surface area (Å²) in [6.45, 7) is 10.7. The van der Waals surface area contributed by atoms with Crippen molar-refractivity contribution in [2.75, 3.05) is 5.75 Å². The molecular formula is C12H23NO5S. The third kappa shape index (κ3) is 10.6. The highest BCUT2D eigenvalue weighted by molar-refractivity contribution is 7.94. The molecule has 0 bridgehead atoms. The average molecular weight is 293 g/mol. The Morgan fingerprint density at radius 1 is 1.16 bits per heavy atom. The lowest BCUT2D eigenvalue weighted by molar-refractivity contribution is -0.138. The van der Waals surface area contributed by atoms with E-state index >= 15 is 0 Å². The number of carboxylic acid groups (broad SMARTS) is 1. The average Bonchev–Trinajstić information content (AvgIpc) is 2.10. The van der Waals surface area contributed by atoms with Crippen molar-refractivity contribution >= 4 is 24.1 Å². The maximum atomic E-state index is 11.5. The first-order valence-corrected chi connectivity index (χ1v) is 6.85. The molecule has 0 radical (unpaired) electrons. The zero-order valence-corrected chi connectivity index (χ0v) is 13.1. The maximum absolute atomic E-state index is 11.5. The van der Waals surface area contributed by atoms with Gasteiger partial charge in [0.15, 0.2) is 0 Å². The normalized spacial score (nSPS) is 13.8. The van der Waals surface area contributed by atoms with Gasteiger partial charge in [0.2, 0.25) is 0 Å². The van der Waals surface area contributed by atoms with Crippen molar-refractivity contribution in [2.45, 2.75) is 58.8 Å². The van der Waals surface area contributed by atoms with Crippen LogP contribution in [0.2, 0.25) is 0 Å². The van der Waals surface area contributed by atoms with Crippen molar-refractivity contribution in [3.05, 3.63) is 0 Å². The Bertz CT molecular complexity index is 319. The van der Waals surface area contributed by atoms with E-state index in [9.17, 15) is 9.59 Å². The second-order valence-electron chi connectivity index (χ2n) is 6.02. The Hall–Kier alpha value is -0.950. The molecule has 1 atom stereocenters. The predicted molar refractivity (Wildman–Crippen MR) is 74.1 cm³/mol. The van der Waals surface area contributed by atoms with E-state index in [1.165, 1.54) is 0 Å². The molecular weight excluding hydrogens is 270 g/mol. The van der Waals surface area contributed by atoms with Crippen LogP contribution < -0.4 is 5.32 Å². The molecule has 0 aliphatic heterocycles. The van der Waals surface area contributed by atoms with Crippen LogP contribution in [0, 0.1) is 0 Å². The molecule has 0 aliphatic rings. The smallest absolute Gasteiger partial charge is 0.408 e. The van der Waals surface area contributed by atoms with Gasteiger partial charge in [-0.25, -0.2) is 9.59 Å². The summed E-state index contributed by atoms with van der Waals surface area (Å²) in [5.74, 6) is -1.03. The first-order chi connectivity index (χ1) is 8.41. The van der Waals surface area contributed by atoms with Gasteiger partial charge in [-0.05, 0) is 53.6 Å². The number of alkyl carbamates (subject to hydrolysis) is 1. The van der Waals surface area contributed by atoms with Gasteiger partial charge in [0.1, 0.15) is 11.6 Å². The highest BCUT2D eigenvalue weighted by Gasteiger charge is 2.25. The topological polar surface area (TPSA) is 84.9 Å². The number of hydrogen-bond donors (Lipinski definition) is 2. The Labute approximate surface area is 118 Å². The van der Waals surface area contributed by atoms with Gasteiger partial charge in [-0.15, -0.1) is 0 Å². The number of carboxylic acids is 1. The van der Waals surface area contributed by atoms with E-state index < -0.39 is 23.7 Å². The summed E-state index contributed by atoms with van der Waals surface area (Å²) < 4.78 is 10.4. The summed E-state index contributed by atoms with van der Waals surface area (Å²) >= 11 is 1.01. The van der Waals surface area contributed by atoms with Gasteiger partial charge >= 0.3 is 12.1 Å². The van der Waals surface area contributed by atoms with Crippen molar-refractivity contribution in [2.24, 2.45) is 0 Å². The molecule has 0 aromatic carbocycles. The molecule has 0 rings (SSSR count). The van der Waals surface area contributed by atoms with E-state index in [1.807, 2.05) is 20.8 Å². The number of ether oxygens (including phenoxy) is 1. The number of amides is 1. The molecule has 0 spiro atoms. The molecule has 0 unspecified atom stereocenters. The molecule has 0 saturated heterocycles. The largest absolute Gasteiger partial charge is 0.480 e. The van der Waals surface area contributed by atoms with E-state index in [4.69, 9.17) is 14.0 Å². The van der Waals surface area contributed by atoms with E-state index in [-0.39, 0.29) is 11.4 Å². The van der Waals surface area contributed by atoms with Crippen molar-refractivity contribution in [1.82, 2.24) is 5.32 Å². The Morgan fingerprint density at radius 3 is 2.05 bits per heavy atom. The molecule has 0 fully saturated rings. The molecule has 7 heteroatoms. The van der Waals surface area contributed by atoms with Crippen LogP contribution in [0.4, 0.5) is 4.79 Å². The monoisotopic (exact) mass is 293 g/mol. The minimum atomic E-state index is -1.13. The lowest BCUT2D eigenvalue weighted by Gasteiger charge is -2.23. The van der Waals surface area contributed by atoms with Crippen LogP contribution in [0.15, 0.2) is 0 Å². The van der Waals surface area contributed by atoms with E-state index in [2.05, 4.69) is 5.32 Å². The first-order valence-electron chi connectivity index (χ1n) is 5.94. The van der Waals surface area contributed by atoms with E-state index in [0.717, 1.165) is 12.0 Å². The fourth-order valence-corrected chi connectivity index (χ4v) is 1.69. The van der Waals surface area contributed by atoms with Crippen LogP contribution >= 0.6 is 12.0 Å². The molecule has 0 aromatic heterocycles. The van der Waals surface area contributed by atoms with Gasteiger partial charge in [-0.1, -0.05) is 0 Å². The molecule has 19 heavy (non-hydrogen) atoms. The molecule has 1 amide bonds. The number of rotatable bonds is 5. The van der Waals surface area contributed by atoms with Crippen LogP contribution in [0.25, 0.3) is 0 Å². The Balaban J connectivity index is 4.28. The number of carbonyl (C=O) groups excluding carboxylic acids is 1. The van der Waals surface area contributed by atoms with Gasteiger partial charge < -0.3 is 19.3 Å². The molecule has 0 aliphatic carbocycles. The SMILES string of the molecule is CC(C)(C)OSC[C@H](NC(=O)OC(C)(C)C)C(=O)O. The number of aliphatic carboxylic acids is 1. The van der Waals surface area contributed by atoms with Gasteiger partial charge in [0.25, 0.3) is 0 Å². The van der Waals surface area contributed by atoms with Crippen molar-refractivity contribution in [3.63, 3.8) is 0 Å². The second-order valence-corrected chi connectivity index (χ2v) is 6.75. The summed E-state index contributed by atoms with van der Waals surface area (Å²) in [7, 11) is 0. The second kappa shape index (κ2) is 7.00. The van der Waals surface area contributed by atoms with Crippen molar-refractivity contribution in [1.29, 1.82) is 0 Å². The van der Waals surface area contributed by atoms with Crippen LogP contribution in [0.5, 0.6) is 0 Å². The third-order valence-electron chi connectivity index (χ3n) is 1.53. The summed E-state index contributed by atoms with van der Waals surface area (Å²) in [4.78, 5) is 22.5. The van der Waals surface area contributed by atoms with Crippen LogP contribution in [-0.2, 0) is 13.7 Å². The van der Waals surface area contributed by atoms with Crippen molar-refractivity contribution < 1.29 is 23.6 Å². The summed E-state index contributed by atoms with van der Waals surface area (Å²) in [6.07, 6.45) is -0.753. The lowest BCUT2D eigenvalue weighted by atomic mass is 10.2. The van der Waals surface area contributed by atoms with Gasteiger partial charge in [0.05, 0.1) is 11.4 Å². The molecule has 6 nitrogen and oxygen atoms in total. The number of hydrogen-bond acceptors (Lipinski definition) is 5. The Morgan fingerprint density at radius 2 is 1.68 bits per heavy atom. The van der Waals surface area contributed by atoms with Gasteiger partial charge in [-0.3, -0.25) is 0 Å². The zero-order chi connectivity index (χ0) is 15.3. The Kier molecular flexibility index (Phi) is 6.65. The molecule has 0 aromatic rings. The maximum Gasteiger partial charge on any atom is 0.408 e. The van der Waals surface area contributed by atoms with Crippen LogP contribution in [0.1, 0.15) is 41.5 Å². The lowest BCUT2D eigenvalue weighted by Crippen LogP contribution is -2.45. The van der Waals surface area contributed by atoms with E-state index in [0.29, 0.717) is 0 Å². The minimum absolute atomic E-state index is 0.103. The van der Waals surface area contributed by atoms with E-state index in [1.54, 1.807) is 20.8 Å². The fraction of sp³-hybridized carbons (Fsp3) is 0.833. The molecule has 0 saturated carbocycles. The fourth-order valence-electron chi connectivity index (χ4n) is 0.903. The third-order valence-corrected chi connectivity index (χ3v) is 2.62. The quantitative estimate of drug-likeness (QED) is 0.757. The number of nitrogens with one attached hydrogen (secondary N) is 1. The number of carbonyl (C=O) groups is 2.